The molecule has 0 aliphatic carbocycles. The number of fused-ring (bicyclic) bond motifs is 1. The Balaban J connectivity index is 0.00000144. The molecule has 3 N–H and O–H groups in total. The molecule has 0 spiro atoms. The van der Waals surface area contributed by atoms with Crippen molar-refractivity contribution in [2.24, 2.45) is 0 Å². The van der Waals surface area contributed by atoms with Gasteiger partial charge >= 0.3 is 0 Å². The lowest BCUT2D eigenvalue weighted by molar-refractivity contribution is 0.0905. The third-order valence-electron chi connectivity index (χ3n) is 4.01. The van der Waals surface area contributed by atoms with Crippen LogP contribution in [0.3, 0.4) is 0 Å². The smallest absolute Gasteiger partial charge is 0.272 e. The molecule has 2 aromatic rings. The first-order valence-corrected chi connectivity index (χ1v) is 8.24. The van der Waals surface area contributed by atoms with E-state index in [0.717, 1.165) is 34.9 Å². The number of hydrogen-bond acceptors (Lipinski definition) is 5. The molecular formula is C15H23Cl2N5OS. The van der Waals surface area contributed by atoms with Crippen LogP contribution in [0.15, 0.2) is 0 Å². The number of nitrogens with zero attached hydrogens (tertiary/aromatic N) is 2. The molecule has 3 rings (SSSR count). The van der Waals surface area contributed by atoms with Gasteiger partial charge in [0.25, 0.3) is 5.91 Å². The van der Waals surface area contributed by atoms with Gasteiger partial charge in [-0.1, -0.05) is 0 Å². The molecule has 0 saturated carbocycles. The lowest BCUT2D eigenvalue weighted by atomic mass is 10.0. The lowest BCUT2D eigenvalue weighted by Gasteiger charge is -2.24. The van der Waals surface area contributed by atoms with Crippen molar-refractivity contribution in [3.8, 4) is 0 Å². The largest absolute Gasteiger partial charge is 0.339 e. The number of nitrogens with one attached hydrogen (secondary N) is 3. The van der Waals surface area contributed by atoms with E-state index < -0.39 is 5.54 Å². The second-order valence-electron chi connectivity index (χ2n) is 6.20. The molecule has 1 aliphatic rings. The van der Waals surface area contributed by atoms with Gasteiger partial charge in [0, 0.05) is 35.6 Å². The maximum absolute atomic E-state index is 12.6. The Bertz CT molecular complexity index is 706. The van der Waals surface area contributed by atoms with E-state index in [1.54, 1.807) is 11.3 Å². The van der Waals surface area contributed by atoms with Crippen molar-refractivity contribution in [1.82, 2.24) is 25.8 Å². The second-order valence-corrected chi connectivity index (χ2v) is 7.40. The summed E-state index contributed by atoms with van der Waals surface area (Å²) in [6.07, 6.45) is 0.879. The molecular weight excluding hydrogens is 369 g/mol. The maximum Gasteiger partial charge on any atom is 0.272 e. The van der Waals surface area contributed by atoms with Crippen molar-refractivity contribution in [1.29, 1.82) is 0 Å². The number of aromatic nitrogens is 3. The number of aryl methyl sites for hydroxylation is 2. The Morgan fingerprint density at radius 2 is 2.00 bits per heavy atom. The van der Waals surface area contributed by atoms with Crippen molar-refractivity contribution >= 4 is 42.1 Å². The number of carbonyl (C=O) groups excluding carboxylic acids is 1. The monoisotopic (exact) mass is 391 g/mol. The highest BCUT2D eigenvalue weighted by molar-refractivity contribution is 7.11. The van der Waals surface area contributed by atoms with Crippen LogP contribution in [0.5, 0.6) is 0 Å². The third kappa shape index (κ3) is 3.91. The van der Waals surface area contributed by atoms with Gasteiger partial charge in [0.1, 0.15) is 5.01 Å². The van der Waals surface area contributed by atoms with Crippen LogP contribution in [0.1, 0.15) is 51.2 Å². The van der Waals surface area contributed by atoms with Crippen LogP contribution in [-0.2, 0) is 18.5 Å². The molecule has 0 unspecified atom stereocenters. The normalized spacial score (nSPS) is 13.5. The molecule has 0 atom stereocenters. The molecule has 3 heterocycles. The molecule has 0 saturated heterocycles. The predicted octanol–water partition coefficient (Wildman–Crippen LogP) is 2.64. The van der Waals surface area contributed by atoms with Gasteiger partial charge < -0.3 is 10.6 Å². The van der Waals surface area contributed by atoms with Crippen LogP contribution in [-0.4, -0.2) is 27.6 Å². The van der Waals surface area contributed by atoms with Gasteiger partial charge in [-0.15, -0.1) is 36.2 Å². The van der Waals surface area contributed by atoms with E-state index in [1.165, 1.54) is 4.88 Å². The zero-order valence-corrected chi connectivity index (χ0v) is 16.6. The number of hydrogen-bond donors (Lipinski definition) is 3. The minimum Gasteiger partial charge on any atom is -0.339 e. The average Bonchev–Trinajstić information content (AvgIpc) is 3.03. The average molecular weight is 392 g/mol. The second kappa shape index (κ2) is 7.82. The topological polar surface area (TPSA) is 82.7 Å². The maximum atomic E-state index is 12.6. The first kappa shape index (κ1) is 20.9. The van der Waals surface area contributed by atoms with E-state index in [1.807, 2.05) is 27.7 Å². The third-order valence-corrected chi connectivity index (χ3v) is 5.41. The van der Waals surface area contributed by atoms with Crippen LogP contribution in [0.4, 0.5) is 0 Å². The Morgan fingerprint density at radius 1 is 1.29 bits per heavy atom. The molecule has 24 heavy (non-hydrogen) atoms. The molecule has 0 aromatic carbocycles. The molecule has 9 heteroatoms. The number of amides is 1. The summed E-state index contributed by atoms with van der Waals surface area (Å²) in [5.41, 5.74) is 3.02. The summed E-state index contributed by atoms with van der Waals surface area (Å²) >= 11 is 1.62. The highest BCUT2D eigenvalue weighted by Gasteiger charge is 2.30. The summed E-state index contributed by atoms with van der Waals surface area (Å²) in [6, 6.07) is 0. The van der Waals surface area contributed by atoms with Crippen molar-refractivity contribution in [2.75, 3.05) is 6.54 Å². The fraction of sp³-hybridized carbons (Fsp3) is 0.533. The number of carbonyl (C=O) groups is 1. The molecule has 0 radical (unpaired) electrons. The molecule has 0 fully saturated rings. The molecule has 6 nitrogen and oxygen atoms in total. The number of H-pyrrole nitrogens is 1. The van der Waals surface area contributed by atoms with Crippen molar-refractivity contribution in [3.63, 3.8) is 0 Å². The molecule has 134 valence electrons. The first-order chi connectivity index (χ1) is 10.4. The highest BCUT2D eigenvalue weighted by atomic mass is 35.5. The molecule has 1 amide bonds. The number of thiazole rings is 1. The van der Waals surface area contributed by atoms with E-state index >= 15 is 0 Å². The molecule has 2 aromatic heterocycles. The van der Waals surface area contributed by atoms with Crippen LogP contribution >= 0.6 is 36.2 Å². The summed E-state index contributed by atoms with van der Waals surface area (Å²) in [6.45, 7) is 9.58. The van der Waals surface area contributed by atoms with Crippen LogP contribution in [0.25, 0.3) is 0 Å². The van der Waals surface area contributed by atoms with Crippen molar-refractivity contribution < 1.29 is 4.79 Å². The van der Waals surface area contributed by atoms with Gasteiger partial charge in [-0.3, -0.25) is 9.89 Å². The minimum atomic E-state index is -0.519. The predicted molar refractivity (Wildman–Crippen MR) is 101 cm³/mol. The quantitative estimate of drug-likeness (QED) is 0.750. The van der Waals surface area contributed by atoms with Crippen LogP contribution < -0.4 is 10.6 Å². The van der Waals surface area contributed by atoms with E-state index in [9.17, 15) is 4.79 Å². The minimum absolute atomic E-state index is 0. The SMILES string of the molecule is Cc1nc(C(C)(C)NC(=O)c2n[nH]c3c2CNCC3)sc1C.Cl.Cl. The summed E-state index contributed by atoms with van der Waals surface area (Å²) < 4.78 is 0. The Labute approximate surface area is 158 Å². The van der Waals surface area contributed by atoms with Crippen molar-refractivity contribution in [2.45, 2.75) is 46.2 Å². The van der Waals surface area contributed by atoms with Gasteiger partial charge in [0.2, 0.25) is 0 Å². The zero-order chi connectivity index (χ0) is 15.9. The molecule has 0 bridgehead atoms. The highest BCUT2D eigenvalue weighted by Crippen LogP contribution is 2.28. The van der Waals surface area contributed by atoms with Crippen molar-refractivity contribution in [3.05, 3.63) is 32.5 Å². The number of aromatic amines is 1. The van der Waals surface area contributed by atoms with E-state index in [4.69, 9.17) is 0 Å². The van der Waals surface area contributed by atoms with Gasteiger partial charge in [-0.2, -0.15) is 5.10 Å². The van der Waals surface area contributed by atoms with Gasteiger partial charge in [0.05, 0.1) is 11.2 Å². The standard InChI is InChI=1S/C15H21N5OS.2ClH/c1-8-9(2)22-14(17-8)15(3,4)18-13(21)12-10-7-16-6-5-11(10)19-20-12;;/h16H,5-7H2,1-4H3,(H,18,21)(H,19,20);2*1H. The van der Waals surface area contributed by atoms with Gasteiger partial charge in [-0.05, 0) is 27.7 Å². The summed E-state index contributed by atoms with van der Waals surface area (Å²) in [7, 11) is 0. The number of halogens is 2. The first-order valence-electron chi connectivity index (χ1n) is 7.42. The lowest BCUT2D eigenvalue weighted by Crippen LogP contribution is -2.41. The van der Waals surface area contributed by atoms with E-state index in [-0.39, 0.29) is 30.7 Å². The number of rotatable bonds is 3. The summed E-state index contributed by atoms with van der Waals surface area (Å²) in [5.74, 6) is -0.156. The zero-order valence-electron chi connectivity index (χ0n) is 14.1. The Kier molecular flexibility index (Phi) is 6.81. The summed E-state index contributed by atoms with van der Waals surface area (Å²) in [5, 5.41) is 14.4. The molecule has 1 aliphatic heterocycles. The Morgan fingerprint density at radius 3 is 2.62 bits per heavy atom. The fourth-order valence-electron chi connectivity index (χ4n) is 2.55. The van der Waals surface area contributed by atoms with E-state index in [2.05, 4.69) is 25.8 Å². The summed E-state index contributed by atoms with van der Waals surface area (Å²) in [4.78, 5) is 18.4. The van der Waals surface area contributed by atoms with Crippen LogP contribution in [0, 0.1) is 13.8 Å². The van der Waals surface area contributed by atoms with Gasteiger partial charge in [-0.25, -0.2) is 4.98 Å². The van der Waals surface area contributed by atoms with Gasteiger partial charge in [0.15, 0.2) is 5.69 Å². The fourth-order valence-corrected chi connectivity index (χ4v) is 3.52. The van der Waals surface area contributed by atoms with E-state index in [0.29, 0.717) is 12.2 Å². The van der Waals surface area contributed by atoms with Crippen LogP contribution in [0.2, 0.25) is 0 Å². The Hall–Kier alpha value is -1.15.